The monoisotopic (exact) mass is 465 g/mol. The van der Waals surface area contributed by atoms with Gasteiger partial charge in [-0.05, 0) is 54.1 Å². The second-order valence-electron chi connectivity index (χ2n) is 7.03. The summed E-state index contributed by atoms with van der Waals surface area (Å²) in [6.07, 6.45) is 0. The number of rotatable bonds is 6. The van der Waals surface area contributed by atoms with Gasteiger partial charge in [-0.25, -0.2) is 0 Å². The van der Waals surface area contributed by atoms with Gasteiger partial charge < -0.3 is 18.6 Å². The number of methoxy groups -OCH3 is 3. The van der Waals surface area contributed by atoms with Gasteiger partial charge >= 0.3 is 0 Å². The molecular weight excluding hydrogens is 446 g/mol. The molecule has 0 aliphatic heterocycles. The summed E-state index contributed by atoms with van der Waals surface area (Å²) >= 11 is 6.10. The van der Waals surface area contributed by atoms with E-state index in [9.17, 15) is 9.59 Å². The molecule has 0 bridgehead atoms. The molecule has 4 aromatic rings. The third-order valence-corrected chi connectivity index (χ3v) is 5.32. The first-order valence-corrected chi connectivity index (χ1v) is 10.3. The lowest BCUT2D eigenvalue weighted by Crippen LogP contribution is -2.16. The van der Waals surface area contributed by atoms with Gasteiger partial charge in [0.2, 0.25) is 11.3 Å². The largest absolute Gasteiger partial charge is 0.497 e. The van der Waals surface area contributed by atoms with Crippen LogP contribution in [0.15, 0.2) is 69.9 Å². The van der Waals surface area contributed by atoms with E-state index in [0.29, 0.717) is 44.4 Å². The highest BCUT2D eigenvalue weighted by molar-refractivity contribution is 6.31. The molecule has 0 saturated heterocycles. The van der Waals surface area contributed by atoms with Crippen LogP contribution in [0.4, 0.5) is 5.88 Å². The number of anilines is 1. The molecule has 0 saturated carbocycles. The van der Waals surface area contributed by atoms with Crippen molar-refractivity contribution in [2.45, 2.75) is 0 Å². The van der Waals surface area contributed by atoms with Crippen LogP contribution in [0.25, 0.3) is 22.1 Å². The fourth-order valence-corrected chi connectivity index (χ4v) is 3.62. The minimum atomic E-state index is -0.489. The summed E-state index contributed by atoms with van der Waals surface area (Å²) in [6, 6.07) is 16.4. The highest BCUT2D eigenvalue weighted by Gasteiger charge is 2.20. The minimum absolute atomic E-state index is 0.00265. The van der Waals surface area contributed by atoms with Crippen molar-refractivity contribution in [1.82, 2.24) is 0 Å². The van der Waals surface area contributed by atoms with Gasteiger partial charge in [-0.2, -0.15) is 0 Å². The molecule has 0 spiro atoms. The Balaban J connectivity index is 1.86. The predicted octanol–water partition coefficient (Wildman–Crippen LogP) is 5.39. The zero-order valence-corrected chi connectivity index (χ0v) is 18.9. The zero-order valence-electron chi connectivity index (χ0n) is 18.1. The lowest BCUT2D eigenvalue weighted by molar-refractivity contribution is 0.102. The molecule has 0 aliphatic carbocycles. The van der Waals surface area contributed by atoms with Crippen molar-refractivity contribution < 1.29 is 23.4 Å². The molecule has 8 heteroatoms. The van der Waals surface area contributed by atoms with Gasteiger partial charge in [-0.15, -0.1) is 0 Å². The molecular formula is C25H20ClNO6. The van der Waals surface area contributed by atoms with Crippen molar-refractivity contribution in [2.75, 3.05) is 26.6 Å². The third-order valence-electron chi connectivity index (χ3n) is 5.08. The maximum Gasteiger partial charge on any atom is 0.258 e. The standard InChI is InChI=1S/C25H20ClNO6/c1-30-17-6-4-5-14(11-17)22-23(28)18-13-16(26)8-10-19(18)33-25(22)27-24(29)15-7-9-20(31-2)21(12-15)32-3/h4-13H,1-3H3,(H,27,29). The topological polar surface area (TPSA) is 87.0 Å². The van der Waals surface area contributed by atoms with E-state index in [0.717, 1.165) is 0 Å². The molecule has 33 heavy (non-hydrogen) atoms. The number of fused-ring (bicyclic) bond motifs is 1. The van der Waals surface area contributed by atoms with Crippen LogP contribution >= 0.6 is 11.6 Å². The van der Waals surface area contributed by atoms with E-state index < -0.39 is 5.91 Å². The molecule has 1 amide bonds. The van der Waals surface area contributed by atoms with E-state index in [-0.39, 0.29) is 16.9 Å². The van der Waals surface area contributed by atoms with E-state index in [2.05, 4.69) is 5.32 Å². The average Bonchev–Trinajstić information content (AvgIpc) is 2.84. The maximum absolute atomic E-state index is 13.5. The first-order chi connectivity index (χ1) is 15.9. The van der Waals surface area contributed by atoms with Crippen LogP contribution in [0.3, 0.4) is 0 Å². The van der Waals surface area contributed by atoms with Crippen molar-refractivity contribution in [3.05, 3.63) is 81.5 Å². The van der Waals surface area contributed by atoms with Crippen molar-refractivity contribution in [3.8, 4) is 28.4 Å². The molecule has 3 aromatic carbocycles. The zero-order chi connectivity index (χ0) is 23.5. The predicted molar refractivity (Wildman–Crippen MR) is 127 cm³/mol. The van der Waals surface area contributed by atoms with Gasteiger partial charge in [0.1, 0.15) is 11.3 Å². The molecule has 1 aromatic heterocycles. The summed E-state index contributed by atoms with van der Waals surface area (Å²) in [5.74, 6) is 0.947. The Bertz CT molecular complexity index is 1410. The molecule has 1 heterocycles. The smallest absolute Gasteiger partial charge is 0.258 e. The molecule has 0 unspecified atom stereocenters. The summed E-state index contributed by atoms with van der Waals surface area (Å²) in [7, 11) is 4.52. The number of carbonyl (C=O) groups excluding carboxylic acids is 1. The molecule has 1 N–H and O–H groups in total. The molecule has 0 aliphatic rings. The Hall–Kier alpha value is -3.97. The van der Waals surface area contributed by atoms with Crippen molar-refractivity contribution >= 4 is 34.4 Å². The van der Waals surface area contributed by atoms with Gasteiger partial charge in [-0.1, -0.05) is 23.7 Å². The van der Waals surface area contributed by atoms with E-state index >= 15 is 0 Å². The lowest BCUT2D eigenvalue weighted by atomic mass is 10.0. The summed E-state index contributed by atoms with van der Waals surface area (Å²) in [5.41, 5.74) is 0.946. The van der Waals surface area contributed by atoms with Crippen LogP contribution in [0, 0.1) is 0 Å². The second kappa shape index (κ2) is 9.26. The van der Waals surface area contributed by atoms with Crippen LogP contribution < -0.4 is 25.0 Å². The van der Waals surface area contributed by atoms with E-state index in [4.69, 9.17) is 30.2 Å². The van der Waals surface area contributed by atoms with Crippen LogP contribution in [-0.4, -0.2) is 27.2 Å². The van der Waals surface area contributed by atoms with Crippen LogP contribution in [-0.2, 0) is 0 Å². The molecule has 0 radical (unpaired) electrons. The first-order valence-electron chi connectivity index (χ1n) is 9.89. The number of benzene rings is 3. The number of nitrogens with one attached hydrogen (secondary N) is 1. The Morgan fingerprint density at radius 2 is 1.70 bits per heavy atom. The Morgan fingerprint density at radius 1 is 0.909 bits per heavy atom. The van der Waals surface area contributed by atoms with Crippen LogP contribution in [0.5, 0.6) is 17.2 Å². The normalized spacial score (nSPS) is 10.7. The minimum Gasteiger partial charge on any atom is -0.497 e. The van der Waals surface area contributed by atoms with Crippen LogP contribution in [0.1, 0.15) is 10.4 Å². The average molecular weight is 466 g/mol. The number of carbonyl (C=O) groups is 1. The fraction of sp³-hybridized carbons (Fsp3) is 0.120. The SMILES string of the molecule is COc1cccc(-c2c(NC(=O)c3ccc(OC)c(OC)c3)oc3ccc(Cl)cc3c2=O)c1. The number of hydrogen-bond acceptors (Lipinski definition) is 6. The van der Waals surface area contributed by atoms with Gasteiger partial charge in [0.25, 0.3) is 5.91 Å². The van der Waals surface area contributed by atoms with Crippen molar-refractivity contribution in [2.24, 2.45) is 0 Å². The highest BCUT2D eigenvalue weighted by Crippen LogP contribution is 2.33. The lowest BCUT2D eigenvalue weighted by Gasteiger charge is -2.13. The first kappa shape index (κ1) is 22.2. The Labute approximate surface area is 194 Å². The number of hydrogen-bond donors (Lipinski definition) is 1. The highest BCUT2D eigenvalue weighted by atomic mass is 35.5. The fourth-order valence-electron chi connectivity index (χ4n) is 3.45. The maximum atomic E-state index is 13.5. The van der Waals surface area contributed by atoms with Gasteiger partial charge in [0, 0.05) is 10.6 Å². The van der Waals surface area contributed by atoms with Gasteiger partial charge in [0.05, 0.1) is 32.3 Å². The number of ether oxygens (including phenoxy) is 3. The molecule has 0 fully saturated rings. The van der Waals surface area contributed by atoms with E-state index in [1.54, 1.807) is 48.5 Å². The second-order valence-corrected chi connectivity index (χ2v) is 7.47. The molecule has 0 atom stereocenters. The van der Waals surface area contributed by atoms with E-state index in [1.807, 2.05) is 0 Å². The summed E-state index contributed by atoms with van der Waals surface area (Å²) in [6.45, 7) is 0. The Morgan fingerprint density at radius 3 is 2.42 bits per heavy atom. The summed E-state index contributed by atoms with van der Waals surface area (Å²) < 4.78 is 21.8. The molecule has 7 nitrogen and oxygen atoms in total. The van der Waals surface area contributed by atoms with Crippen molar-refractivity contribution in [3.63, 3.8) is 0 Å². The van der Waals surface area contributed by atoms with Gasteiger partial charge in [0.15, 0.2) is 11.5 Å². The summed E-state index contributed by atoms with van der Waals surface area (Å²) in [4.78, 5) is 26.5. The third kappa shape index (κ3) is 4.36. The molecule has 4 rings (SSSR count). The number of halogens is 1. The Kier molecular flexibility index (Phi) is 6.24. The number of amides is 1. The van der Waals surface area contributed by atoms with Crippen molar-refractivity contribution in [1.29, 1.82) is 0 Å². The van der Waals surface area contributed by atoms with Crippen LogP contribution in [0.2, 0.25) is 5.02 Å². The molecule has 168 valence electrons. The van der Waals surface area contributed by atoms with Gasteiger partial charge in [-0.3, -0.25) is 14.9 Å². The summed E-state index contributed by atoms with van der Waals surface area (Å²) in [5, 5.41) is 3.42. The quantitative estimate of drug-likeness (QED) is 0.410. The van der Waals surface area contributed by atoms with E-state index in [1.165, 1.54) is 33.5 Å².